The third-order valence-electron chi connectivity index (χ3n) is 2.17. The zero-order chi connectivity index (χ0) is 16.9. The Kier molecular flexibility index (Phi) is 7.07. The molecule has 2 aromatic heterocycles. The van der Waals surface area contributed by atoms with Gasteiger partial charge < -0.3 is 22.9 Å². The second-order valence-corrected chi connectivity index (χ2v) is 5.92. The third-order valence-corrected chi connectivity index (χ3v) is 4.36. The van der Waals surface area contributed by atoms with Crippen molar-refractivity contribution < 1.29 is 0 Å². The Morgan fingerprint density at radius 3 is 1.59 bits per heavy atom. The molecule has 22 heavy (non-hydrogen) atoms. The summed E-state index contributed by atoms with van der Waals surface area (Å²) in [6.45, 7) is 0. The molecule has 0 aliphatic carbocycles. The van der Waals surface area contributed by atoms with Gasteiger partial charge in [0.1, 0.15) is 22.6 Å². The summed E-state index contributed by atoms with van der Waals surface area (Å²) in [7, 11) is 0. The van der Waals surface area contributed by atoms with Crippen molar-refractivity contribution in [3.05, 3.63) is 10.4 Å². The molecule has 12 heteroatoms. The Morgan fingerprint density at radius 1 is 0.727 bits per heavy atom. The molecule has 0 aliphatic heterocycles. The zero-order valence-electron chi connectivity index (χ0n) is 11.7. The number of halogens is 2. The summed E-state index contributed by atoms with van der Waals surface area (Å²) in [5, 5.41) is 0.389. The molecule has 8 nitrogen and oxygen atoms in total. The normalized spacial score (nSPS) is 10.0. The molecule has 0 fully saturated rings. The Hall–Kier alpha value is -1.36. The summed E-state index contributed by atoms with van der Waals surface area (Å²) in [5.41, 5.74) is 21.8. The number of rotatable bonds is 2. The van der Waals surface area contributed by atoms with E-state index in [1.165, 1.54) is 23.5 Å². The first-order chi connectivity index (χ1) is 10.3. The Balaban J connectivity index is 0.000000220. The number of hydrogen-bond acceptors (Lipinski definition) is 10. The van der Waals surface area contributed by atoms with Gasteiger partial charge in [-0.3, -0.25) is 0 Å². The molecule has 0 spiro atoms. The molecule has 8 N–H and O–H groups in total. The van der Waals surface area contributed by atoms with Gasteiger partial charge >= 0.3 is 0 Å². The van der Waals surface area contributed by atoms with Gasteiger partial charge in [0.15, 0.2) is 0 Å². The molecule has 0 aliphatic rings. The molecule has 0 bridgehead atoms. The molecular weight excluding hydrogens is 367 g/mol. The van der Waals surface area contributed by atoms with E-state index in [0.29, 0.717) is 32.4 Å². The van der Waals surface area contributed by atoms with E-state index in [1.807, 2.05) is 12.5 Å². The first kappa shape index (κ1) is 18.7. The standard InChI is InChI=1S/2C5H7ClN4S/c1-11-2-3(7)9-5(6)10-4(2)8;1-11-2-3(6)9-5(8)10-4(2)7/h2*1H3,(H4,7,8,9,10). The van der Waals surface area contributed by atoms with Crippen LogP contribution >= 0.6 is 46.7 Å². The molecule has 0 atom stereocenters. The second-order valence-electron chi connectivity index (χ2n) is 3.59. The average molecular weight is 381 g/mol. The molecule has 0 radical (unpaired) electrons. The fourth-order valence-corrected chi connectivity index (χ4v) is 2.89. The highest BCUT2D eigenvalue weighted by Gasteiger charge is 2.07. The van der Waals surface area contributed by atoms with E-state index in [0.717, 1.165) is 0 Å². The van der Waals surface area contributed by atoms with Gasteiger partial charge in [0, 0.05) is 0 Å². The monoisotopic (exact) mass is 380 g/mol. The summed E-state index contributed by atoms with van der Waals surface area (Å²) < 4.78 is 0. The van der Waals surface area contributed by atoms with Crippen LogP contribution in [-0.2, 0) is 0 Å². The van der Waals surface area contributed by atoms with Crippen LogP contribution in [0.3, 0.4) is 0 Å². The van der Waals surface area contributed by atoms with Crippen LogP contribution in [0.25, 0.3) is 0 Å². The van der Waals surface area contributed by atoms with Crippen molar-refractivity contribution in [1.82, 2.24) is 19.9 Å². The highest BCUT2D eigenvalue weighted by Crippen LogP contribution is 2.28. The fourth-order valence-electron chi connectivity index (χ4n) is 1.31. The summed E-state index contributed by atoms with van der Waals surface area (Å²) in [6.07, 6.45) is 3.69. The molecule has 0 unspecified atom stereocenters. The first-order valence-corrected chi connectivity index (χ1v) is 8.75. The number of thioether (sulfide) groups is 2. The quantitative estimate of drug-likeness (QED) is 0.345. The van der Waals surface area contributed by atoms with Crippen LogP contribution in [0.5, 0.6) is 0 Å². The zero-order valence-corrected chi connectivity index (χ0v) is 14.8. The molecule has 0 saturated heterocycles. The molecule has 0 aromatic carbocycles. The number of nitrogens with two attached hydrogens (primary N) is 4. The largest absolute Gasteiger partial charge is 0.383 e. The average Bonchev–Trinajstić information content (AvgIpc) is 2.38. The van der Waals surface area contributed by atoms with Crippen molar-refractivity contribution in [2.75, 3.05) is 35.4 Å². The third kappa shape index (κ3) is 4.83. The lowest BCUT2D eigenvalue weighted by molar-refractivity contribution is 1.13. The first-order valence-electron chi connectivity index (χ1n) is 5.55. The van der Waals surface area contributed by atoms with Crippen LogP contribution in [0, 0.1) is 0 Å². The number of hydrogen-bond donors (Lipinski definition) is 4. The van der Waals surface area contributed by atoms with Gasteiger partial charge in [0.25, 0.3) is 0 Å². The minimum Gasteiger partial charge on any atom is -0.383 e. The van der Waals surface area contributed by atoms with E-state index in [1.54, 1.807) is 0 Å². The summed E-state index contributed by atoms with van der Waals surface area (Å²) >= 11 is 14.0. The maximum atomic E-state index is 5.70. The predicted octanol–water partition coefficient (Wildman–Crippen LogP) is 2.03. The minimum atomic E-state index is 0.0813. The van der Waals surface area contributed by atoms with Gasteiger partial charge in [-0.2, -0.15) is 19.9 Å². The number of anilines is 4. The molecule has 0 saturated carbocycles. The summed E-state index contributed by atoms with van der Waals surface area (Å²) in [5.74, 6) is 1.09. The highest BCUT2D eigenvalue weighted by molar-refractivity contribution is 7.99. The van der Waals surface area contributed by atoms with Crippen LogP contribution in [-0.4, -0.2) is 32.4 Å². The fraction of sp³-hybridized carbons (Fsp3) is 0.200. The van der Waals surface area contributed by atoms with Gasteiger partial charge in [0.2, 0.25) is 11.2 Å². The molecule has 120 valence electrons. The lowest BCUT2D eigenvalue weighted by Crippen LogP contribution is -2.01. The van der Waals surface area contributed by atoms with Gasteiger partial charge in [-0.1, -0.05) is 11.6 Å². The maximum absolute atomic E-state index is 5.70. The van der Waals surface area contributed by atoms with Crippen LogP contribution in [0.2, 0.25) is 10.4 Å². The summed E-state index contributed by atoms with van der Waals surface area (Å²) in [6, 6.07) is 0. The molecular formula is C10H14Cl2N8S2. The van der Waals surface area contributed by atoms with E-state index in [9.17, 15) is 0 Å². The number of nitrogen functional groups attached to an aromatic ring is 4. The lowest BCUT2D eigenvalue weighted by atomic mass is 10.5. The van der Waals surface area contributed by atoms with Crippen molar-refractivity contribution in [2.24, 2.45) is 0 Å². The van der Waals surface area contributed by atoms with Gasteiger partial charge in [-0.25, -0.2) is 0 Å². The molecule has 0 amide bonds. The van der Waals surface area contributed by atoms with Crippen molar-refractivity contribution >= 4 is 70.1 Å². The topological polar surface area (TPSA) is 156 Å². The van der Waals surface area contributed by atoms with Crippen LogP contribution in [0.15, 0.2) is 9.79 Å². The van der Waals surface area contributed by atoms with Crippen LogP contribution in [0.1, 0.15) is 0 Å². The van der Waals surface area contributed by atoms with E-state index in [-0.39, 0.29) is 11.2 Å². The molecule has 2 rings (SSSR count). The van der Waals surface area contributed by atoms with Crippen molar-refractivity contribution in [2.45, 2.75) is 9.79 Å². The molecule has 2 aromatic rings. The number of aromatic nitrogens is 4. The number of nitrogens with zero attached hydrogens (tertiary/aromatic N) is 4. The van der Waals surface area contributed by atoms with Crippen molar-refractivity contribution in [3.63, 3.8) is 0 Å². The highest BCUT2D eigenvalue weighted by atomic mass is 35.5. The van der Waals surface area contributed by atoms with Gasteiger partial charge in [0.05, 0.1) is 9.79 Å². The lowest BCUT2D eigenvalue weighted by Gasteiger charge is -2.03. The molecule has 2 heterocycles. The van der Waals surface area contributed by atoms with E-state index < -0.39 is 0 Å². The minimum absolute atomic E-state index is 0.0813. The van der Waals surface area contributed by atoms with Crippen molar-refractivity contribution in [1.29, 1.82) is 0 Å². The van der Waals surface area contributed by atoms with E-state index in [4.69, 9.17) is 46.1 Å². The van der Waals surface area contributed by atoms with Crippen LogP contribution in [0.4, 0.5) is 23.4 Å². The van der Waals surface area contributed by atoms with Gasteiger partial charge in [-0.05, 0) is 24.1 Å². The Labute approximate surface area is 145 Å². The van der Waals surface area contributed by atoms with E-state index in [2.05, 4.69) is 19.9 Å². The maximum Gasteiger partial charge on any atom is 0.226 e. The summed E-state index contributed by atoms with van der Waals surface area (Å²) in [4.78, 5) is 16.3. The second kappa shape index (κ2) is 8.32. The smallest absolute Gasteiger partial charge is 0.226 e. The SMILES string of the molecule is CSc1c(N)nc(Cl)nc1N.CSc1c(N)nc(N)nc1Cl. The predicted molar refractivity (Wildman–Crippen MR) is 95.3 cm³/mol. The van der Waals surface area contributed by atoms with Gasteiger partial charge in [-0.15, -0.1) is 23.5 Å². The van der Waals surface area contributed by atoms with Crippen LogP contribution < -0.4 is 22.9 Å². The van der Waals surface area contributed by atoms with Crippen molar-refractivity contribution in [3.8, 4) is 0 Å². The Morgan fingerprint density at radius 2 is 1.18 bits per heavy atom. The Bertz CT molecular complexity index is 566. The van der Waals surface area contributed by atoms with E-state index >= 15 is 0 Å².